The second-order valence-electron chi connectivity index (χ2n) is 4.87. The molecule has 0 radical (unpaired) electrons. The Labute approximate surface area is 118 Å². The number of benzene rings is 1. The van der Waals surface area contributed by atoms with Gasteiger partial charge in [0.15, 0.2) is 0 Å². The Bertz CT molecular complexity index is 577. The van der Waals surface area contributed by atoms with E-state index in [1.807, 2.05) is 6.92 Å². The maximum Gasteiger partial charge on any atom is 0.246 e. The van der Waals surface area contributed by atoms with E-state index in [9.17, 15) is 12.8 Å². The van der Waals surface area contributed by atoms with Crippen LogP contribution in [0.5, 0.6) is 0 Å². The standard InChI is InChI=1S/C13H19FN2O3S/c1-10-9-16(5-2-6-19-10)20(17,18)13-4-3-11(8-15)7-12(13)14/h3-4,7,10H,2,5-6,8-9,15H2,1H3. The molecule has 2 N–H and O–H groups in total. The first kappa shape index (κ1) is 15.4. The van der Waals surface area contributed by atoms with Gasteiger partial charge >= 0.3 is 0 Å². The molecule has 5 nitrogen and oxygen atoms in total. The average molecular weight is 302 g/mol. The van der Waals surface area contributed by atoms with E-state index in [-0.39, 0.29) is 24.1 Å². The van der Waals surface area contributed by atoms with Gasteiger partial charge in [0, 0.05) is 26.2 Å². The van der Waals surface area contributed by atoms with Gasteiger partial charge in [0.05, 0.1) is 6.10 Å². The van der Waals surface area contributed by atoms with Gasteiger partial charge in [0.1, 0.15) is 10.7 Å². The summed E-state index contributed by atoms with van der Waals surface area (Å²) < 4.78 is 45.7. The van der Waals surface area contributed by atoms with Crippen molar-refractivity contribution >= 4 is 10.0 Å². The number of nitrogens with two attached hydrogens (primary N) is 1. The fourth-order valence-corrected chi connectivity index (χ4v) is 3.79. The quantitative estimate of drug-likeness (QED) is 0.907. The molecule has 1 unspecified atom stereocenters. The predicted molar refractivity (Wildman–Crippen MR) is 73.1 cm³/mol. The van der Waals surface area contributed by atoms with Crippen molar-refractivity contribution in [3.05, 3.63) is 29.6 Å². The minimum absolute atomic E-state index is 0.172. The van der Waals surface area contributed by atoms with Crippen molar-refractivity contribution in [2.45, 2.75) is 30.9 Å². The van der Waals surface area contributed by atoms with Crippen LogP contribution in [-0.4, -0.2) is 38.5 Å². The summed E-state index contributed by atoms with van der Waals surface area (Å²) in [5.41, 5.74) is 5.98. The van der Waals surface area contributed by atoms with Gasteiger partial charge in [-0.3, -0.25) is 0 Å². The molecule has 112 valence electrons. The molecule has 0 amide bonds. The summed E-state index contributed by atoms with van der Waals surface area (Å²) in [6, 6.07) is 3.99. The van der Waals surface area contributed by atoms with Gasteiger partial charge in [-0.05, 0) is 31.0 Å². The summed E-state index contributed by atoms with van der Waals surface area (Å²) >= 11 is 0. The third-order valence-electron chi connectivity index (χ3n) is 3.26. The highest BCUT2D eigenvalue weighted by atomic mass is 32.2. The lowest BCUT2D eigenvalue weighted by molar-refractivity contribution is 0.0752. The second kappa shape index (κ2) is 6.17. The Kier molecular flexibility index (Phi) is 4.74. The normalized spacial score (nSPS) is 21.6. The van der Waals surface area contributed by atoms with E-state index in [4.69, 9.17) is 10.5 Å². The van der Waals surface area contributed by atoms with Crippen molar-refractivity contribution in [1.82, 2.24) is 4.31 Å². The lowest BCUT2D eigenvalue weighted by Crippen LogP contribution is -2.36. The van der Waals surface area contributed by atoms with Crippen LogP contribution >= 0.6 is 0 Å². The molecule has 0 spiro atoms. The lowest BCUT2D eigenvalue weighted by Gasteiger charge is -2.22. The number of sulfonamides is 1. The molecule has 0 bridgehead atoms. The molecule has 0 aromatic heterocycles. The van der Waals surface area contributed by atoms with E-state index in [0.29, 0.717) is 25.1 Å². The minimum atomic E-state index is -3.84. The third-order valence-corrected chi connectivity index (χ3v) is 5.16. The zero-order chi connectivity index (χ0) is 14.8. The molecular weight excluding hydrogens is 283 g/mol. The number of hydrogen-bond donors (Lipinski definition) is 1. The largest absolute Gasteiger partial charge is 0.377 e. The summed E-state index contributed by atoms with van der Waals surface area (Å²) in [6.07, 6.45) is 0.408. The Balaban J connectivity index is 2.34. The Morgan fingerprint density at radius 3 is 2.90 bits per heavy atom. The summed E-state index contributed by atoms with van der Waals surface area (Å²) in [7, 11) is -3.84. The molecule has 2 rings (SSSR count). The zero-order valence-electron chi connectivity index (χ0n) is 11.4. The van der Waals surface area contributed by atoms with E-state index in [2.05, 4.69) is 0 Å². The van der Waals surface area contributed by atoms with Crippen LogP contribution in [0, 0.1) is 5.82 Å². The maximum atomic E-state index is 14.0. The highest BCUT2D eigenvalue weighted by Gasteiger charge is 2.30. The maximum absolute atomic E-state index is 14.0. The van der Waals surface area contributed by atoms with Crippen LogP contribution in [-0.2, 0) is 21.3 Å². The monoisotopic (exact) mass is 302 g/mol. The third kappa shape index (κ3) is 3.17. The van der Waals surface area contributed by atoms with E-state index in [1.54, 1.807) is 0 Å². The summed E-state index contributed by atoms with van der Waals surface area (Å²) in [5.74, 6) is -0.759. The fraction of sp³-hybridized carbons (Fsp3) is 0.538. The second-order valence-corrected chi connectivity index (χ2v) is 6.77. The number of nitrogens with zero attached hydrogens (tertiary/aromatic N) is 1. The average Bonchev–Trinajstić information content (AvgIpc) is 2.63. The topological polar surface area (TPSA) is 72.6 Å². The SMILES string of the molecule is CC1CN(S(=O)(=O)c2ccc(CN)cc2F)CCCO1. The van der Waals surface area contributed by atoms with Crippen LogP contribution in [0.15, 0.2) is 23.1 Å². The van der Waals surface area contributed by atoms with Crippen molar-refractivity contribution in [3.8, 4) is 0 Å². The molecule has 1 saturated heterocycles. The number of rotatable bonds is 3. The molecule has 1 aromatic carbocycles. The predicted octanol–water partition coefficient (Wildman–Crippen LogP) is 1.08. The summed E-state index contributed by atoms with van der Waals surface area (Å²) in [4.78, 5) is -0.302. The van der Waals surface area contributed by atoms with Crippen molar-refractivity contribution in [1.29, 1.82) is 0 Å². The molecule has 1 heterocycles. The molecule has 1 aliphatic rings. The molecule has 1 fully saturated rings. The Hall–Kier alpha value is -1.02. The first-order chi connectivity index (χ1) is 9.45. The molecule has 0 saturated carbocycles. The minimum Gasteiger partial charge on any atom is -0.377 e. The molecule has 1 aromatic rings. The van der Waals surface area contributed by atoms with Crippen LogP contribution < -0.4 is 5.73 Å². The first-order valence-corrected chi connectivity index (χ1v) is 7.99. The van der Waals surface area contributed by atoms with Gasteiger partial charge in [0.2, 0.25) is 10.0 Å². The van der Waals surface area contributed by atoms with Crippen molar-refractivity contribution < 1.29 is 17.5 Å². The lowest BCUT2D eigenvalue weighted by atomic mass is 10.2. The highest BCUT2D eigenvalue weighted by Crippen LogP contribution is 2.22. The molecule has 7 heteroatoms. The zero-order valence-corrected chi connectivity index (χ0v) is 12.2. The van der Waals surface area contributed by atoms with E-state index >= 15 is 0 Å². The highest BCUT2D eigenvalue weighted by molar-refractivity contribution is 7.89. The van der Waals surface area contributed by atoms with E-state index < -0.39 is 15.8 Å². The summed E-state index contributed by atoms with van der Waals surface area (Å²) in [6.45, 7) is 3.07. The Morgan fingerprint density at radius 1 is 1.50 bits per heavy atom. The number of hydrogen-bond acceptors (Lipinski definition) is 4. The Morgan fingerprint density at radius 2 is 2.25 bits per heavy atom. The molecule has 0 aliphatic carbocycles. The smallest absolute Gasteiger partial charge is 0.246 e. The van der Waals surface area contributed by atoms with Gasteiger partial charge in [-0.25, -0.2) is 12.8 Å². The van der Waals surface area contributed by atoms with Gasteiger partial charge in [0.25, 0.3) is 0 Å². The van der Waals surface area contributed by atoms with E-state index in [0.717, 1.165) is 0 Å². The molecule has 20 heavy (non-hydrogen) atoms. The van der Waals surface area contributed by atoms with Crippen LogP contribution in [0.2, 0.25) is 0 Å². The van der Waals surface area contributed by atoms with Crippen LogP contribution in [0.1, 0.15) is 18.9 Å². The number of ether oxygens (including phenoxy) is 1. The van der Waals surface area contributed by atoms with Crippen molar-refractivity contribution in [2.24, 2.45) is 5.73 Å². The first-order valence-electron chi connectivity index (χ1n) is 6.55. The number of halogens is 1. The van der Waals surface area contributed by atoms with Crippen LogP contribution in [0.25, 0.3) is 0 Å². The fourth-order valence-electron chi connectivity index (χ4n) is 2.19. The van der Waals surface area contributed by atoms with E-state index in [1.165, 1.54) is 22.5 Å². The molecule has 1 aliphatic heterocycles. The van der Waals surface area contributed by atoms with Gasteiger partial charge in [-0.1, -0.05) is 6.07 Å². The van der Waals surface area contributed by atoms with Crippen molar-refractivity contribution in [3.63, 3.8) is 0 Å². The van der Waals surface area contributed by atoms with Gasteiger partial charge < -0.3 is 10.5 Å². The molecular formula is C13H19FN2O3S. The van der Waals surface area contributed by atoms with Gasteiger partial charge in [-0.15, -0.1) is 0 Å². The van der Waals surface area contributed by atoms with Gasteiger partial charge in [-0.2, -0.15) is 4.31 Å². The molecule has 1 atom stereocenters. The van der Waals surface area contributed by atoms with Crippen LogP contribution in [0.4, 0.5) is 4.39 Å². The van der Waals surface area contributed by atoms with Crippen LogP contribution in [0.3, 0.4) is 0 Å². The van der Waals surface area contributed by atoms with Crippen molar-refractivity contribution in [2.75, 3.05) is 19.7 Å². The summed E-state index contributed by atoms with van der Waals surface area (Å²) in [5, 5.41) is 0.